The predicted molar refractivity (Wildman–Crippen MR) is 91.1 cm³/mol. The van der Waals surface area contributed by atoms with Gasteiger partial charge in [-0.25, -0.2) is 4.79 Å². The number of thioether (sulfide) groups is 1. The Bertz CT molecular complexity index is 419. The molecule has 0 aromatic rings. The van der Waals surface area contributed by atoms with Crippen molar-refractivity contribution in [1.82, 2.24) is 16.0 Å². The van der Waals surface area contributed by atoms with E-state index in [1.54, 1.807) is 0 Å². The number of nitrogens with one attached hydrogen (secondary N) is 3. The third kappa shape index (κ3) is 6.05. The van der Waals surface area contributed by atoms with Crippen molar-refractivity contribution in [1.29, 1.82) is 0 Å². The van der Waals surface area contributed by atoms with Crippen LogP contribution >= 0.6 is 11.8 Å². The van der Waals surface area contributed by atoms with Crippen molar-refractivity contribution in [2.45, 2.75) is 68.7 Å². The van der Waals surface area contributed by atoms with Crippen LogP contribution in [0.5, 0.6) is 0 Å². The molecule has 3 N–H and O–H groups in total. The Morgan fingerprint density at radius 3 is 2.91 bits per heavy atom. The van der Waals surface area contributed by atoms with E-state index in [0.717, 1.165) is 44.3 Å². The molecule has 6 nitrogen and oxygen atoms in total. The molecule has 1 radical (unpaired) electrons. The number of hydrogen-bond acceptors (Lipinski definition) is 4. The second kappa shape index (κ2) is 9.80. The van der Waals surface area contributed by atoms with E-state index in [9.17, 15) is 14.4 Å². The first-order chi connectivity index (χ1) is 11.2. The second-order valence-electron chi connectivity index (χ2n) is 6.17. The first-order valence-electron chi connectivity index (χ1n) is 8.51. The zero-order chi connectivity index (χ0) is 16.5. The Kier molecular flexibility index (Phi) is 7.71. The lowest BCUT2D eigenvalue weighted by atomic mass is 10.0. The molecule has 2 aliphatic heterocycles. The van der Waals surface area contributed by atoms with Crippen LogP contribution in [0.4, 0.5) is 4.79 Å². The summed E-state index contributed by atoms with van der Waals surface area (Å²) in [6.07, 6.45) is 8.61. The van der Waals surface area contributed by atoms with Gasteiger partial charge in [0.05, 0.1) is 12.1 Å². The summed E-state index contributed by atoms with van der Waals surface area (Å²) >= 11 is 1.91. The highest BCUT2D eigenvalue weighted by molar-refractivity contribution is 8.00. The average molecular weight is 340 g/mol. The Morgan fingerprint density at radius 1 is 1.22 bits per heavy atom. The van der Waals surface area contributed by atoms with E-state index in [4.69, 9.17) is 0 Å². The van der Waals surface area contributed by atoms with E-state index in [2.05, 4.69) is 16.0 Å². The van der Waals surface area contributed by atoms with Crippen molar-refractivity contribution >= 4 is 30.0 Å². The smallest absolute Gasteiger partial charge is 0.315 e. The zero-order valence-corrected chi connectivity index (χ0v) is 14.3. The topological polar surface area (TPSA) is 87.3 Å². The molecule has 0 saturated carbocycles. The molecule has 0 spiro atoms. The van der Waals surface area contributed by atoms with E-state index in [1.807, 2.05) is 18.0 Å². The van der Waals surface area contributed by atoms with Gasteiger partial charge in [-0.15, -0.1) is 0 Å². The summed E-state index contributed by atoms with van der Waals surface area (Å²) < 4.78 is 0. The first kappa shape index (κ1) is 18.1. The Balaban J connectivity index is 1.46. The molecule has 0 aromatic carbocycles. The molecule has 2 heterocycles. The summed E-state index contributed by atoms with van der Waals surface area (Å²) in [5.41, 5.74) is 0. The van der Waals surface area contributed by atoms with E-state index >= 15 is 0 Å². The number of hydrogen-bond donors (Lipinski definition) is 3. The average Bonchev–Trinajstić information content (AvgIpc) is 3.07. The molecule has 0 aliphatic carbocycles. The van der Waals surface area contributed by atoms with Gasteiger partial charge < -0.3 is 16.0 Å². The normalized spacial score (nSPS) is 25.6. The van der Waals surface area contributed by atoms with Gasteiger partial charge in [-0.3, -0.25) is 9.59 Å². The number of amides is 3. The number of rotatable bonds is 11. The van der Waals surface area contributed by atoms with Gasteiger partial charge in [-0.2, -0.15) is 11.8 Å². The molecule has 129 valence electrons. The van der Waals surface area contributed by atoms with Gasteiger partial charge in [-0.05, 0) is 25.7 Å². The molecular formula is C16H26N3O3S. The minimum absolute atomic E-state index is 0.0456. The maximum absolute atomic E-state index is 11.7. The van der Waals surface area contributed by atoms with Crippen LogP contribution in [0.1, 0.15) is 51.4 Å². The highest BCUT2D eigenvalue weighted by Crippen LogP contribution is 2.33. The molecule has 2 aliphatic rings. The van der Waals surface area contributed by atoms with Gasteiger partial charge in [0.15, 0.2) is 6.29 Å². The van der Waals surface area contributed by atoms with Crippen molar-refractivity contribution in [3.63, 3.8) is 0 Å². The summed E-state index contributed by atoms with van der Waals surface area (Å²) in [6, 6.07) is 0.485. The van der Waals surface area contributed by atoms with Gasteiger partial charge >= 0.3 is 6.03 Å². The standard InChI is InChI=1S/C16H26N3O3S/c20-10-6-2-1-5-9-17-14(21)8-4-3-7-13-15-12(11-23-13)18-16(22)19-15/h12-13,15H,1-9,11H2,(H,17,21)(H2,18,19,22)/t12-,13-,15-/m0/s1. The monoisotopic (exact) mass is 340 g/mol. The van der Waals surface area contributed by atoms with Crippen LogP contribution in [-0.2, 0) is 9.59 Å². The van der Waals surface area contributed by atoms with Gasteiger partial charge in [0.2, 0.25) is 5.91 Å². The molecule has 2 rings (SSSR count). The van der Waals surface area contributed by atoms with E-state index in [0.29, 0.717) is 24.6 Å². The van der Waals surface area contributed by atoms with Crippen LogP contribution in [0, 0.1) is 0 Å². The van der Waals surface area contributed by atoms with Crippen molar-refractivity contribution in [2.24, 2.45) is 0 Å². The Hall–Kier alpha value is -1.24. The Labute approximate surface area is 141 Å². The number of unbranched alkanes of at least 4 members (excludes halogenated alkanes) is 4. The Morgan fingerprint density at radius 2 is 2.09 bits per heavy atom. The highest BCUT2D eigenvalue weighted by atomic mass is 32.2. The quantitative estimate of drug-likeness (QED) is 0.393. The SMILES string of the molecule is O=[C]CCCCCNC(=O)CCCC[C@@H]1SC[C@@H]2NC(=O)N[C@@H]21. The summed E-state index contributed by atoms with van der Waals surface area (Å²) in [4.78, 5) is 33.1. The number of carbonyl (C=O) groups excluding carboxylic acids is 3. The zero-order valence-electron chi connectivity index (χ0n) is 13.4. The van der Waals surface area contributed by atoms with Gasteiger partial charge in [0.25, 0.3) is 0 Å². The lowest BCUT2D eigenvalue weighted by Gasteiger charge is -2.16. The van der Waals surface area contributed by atoms with Crippen LogP contribution in [0.25, 0.3) is 0 Å². The van der Waals surface area contributed by atoms with Crippen LogP contribution in [-0.4, -0.2) is 47.9 Å². The van der Waals surface area contributed by atoms with E-state index in [-0.39, 0.29) is 24.0 Å². The van der Waals surface area contributed by atoms with Crippen molar-refractivity contribution in [3.05, 3.63) is 0 Å². The fourth-order valence-corrected chi connectivity index (χ4v) is 4.63. The van der Waals surface area contributed by atoms with Crippen LogP contribution in [0.15, 0.2) is 0 Å². The van der Waals surface area contributed by atoms with Crippen molar-refractivity contribution in [3.8, 4) is 0 Å². The van der Waals surface area contributed by atoms with Crippen molar-refractivity contribution < 1.29 is 14.4 Å². The molecular weight excluding hydrogens is 314 g/mol. The molecule has 23 heavy (non-hydrogen) atoms. The van der Waals surface area contributed by atoms with Crippen LogP contribution in [0.2, 0.25) is 0 Å². The second-order valence-corrected chi connectivity index (χ2v) is 7.44. The summed E-state index contributed by atoms with van der Waals surface area (Å²) in [5, 5.41) is 9.32. The summed E-state index contributed by atoms with van der Waals surface area (Å²) in [7, 11) is 0. The van der Waals surface area contributed by atoms with Gasteiger partial charge in [-0.1, -0.05) is 12.8 Å². The molecule has 2 saturated heterocycles. The van der Waals surface area contributed by atoms with E-state index < -0.39 is 0 Å². The lowest BCUT2D eigenvalue weighted by molar-refractivity contribution is -0.121. The first-order valence-corrected chi connectivity index (χ1v) is 9.56. The third-order valence-electron chi connectivity index (χ3n) is 4.36. The van der Waals surface area contributed by atoms with E-state index in [1.165, 1.54) is 0 Å². The summed E-state index contributed by atoms with van der Waals surface area (Å²) in [5.74, 6) is 1.09. The molecule has 0 bridgehead atoms. The van der Waals surface area contributed by atoms with Crippen molar-refractivity contribution in [2.75, 3.05) is 12.3 Å². The molecule has 0 aromatic heterocycles. The highest BCUT2D eigenvalue weighted by Gasteiger charge is 2.42. The fourth-order valence-electron chi connectivity index (χ4n) is 3.09. The number of carbonyl (C=O) groups is 2. The van der Waals surface area contributed by atoms with Crippen LogP contribution in [0.3, 0.4) is 0 Å². The minimum Gasteiger partial charge on any atom is -0.356 e. The maximum atomic E-state index is 11.7. The minimum atomic E-state index is -0.0456. The molecule has 0 unspecified atom stereocenters. The third-order valence-corrected chi connectivity index (χ3v) is 5.87. The number of fused-ring (bicyclic) bond motifs is 1. The molecule has 7 heteroatoms. The van der Waals surface area contributed by atoms with Crippen LogP contribution < -0.4 is 16.0 Å². The largest absolute Gasteiger partial charge is 0.356 e. The number of urea groups is 1. The van der Waals surface area contributed by atoms with Gasteiger partial charge in [0.1, 0.15) is 0 Å². The molecule has 2 fully saturated rings. The van der Waals surface area contributed by atoms with Gasteiger partial charge in [0, 0.05) is 30.4 Å². The fraction of sp³-hybridized carbons (Fsp3) is 0.812. The predicted octanol–water partition coefficient (Wildman–Crippen LogP) is 1.50. The maximum Gasteiger partial charge on any atom is 0.315 e. The molecule has 3 atom stereocenters. The lowest BCUT2D eigenvalue weighted by Crippen LogP contribution is -2.36. The summed E-state index contributed by atoms with van der Waals surface area (Å²) in [6.45, 7) is 0.692. The molecule has 3 amide bonds.